The van der Waals surface area contributed by atoms with E-state index in [4.69, 9.17) is 5.73 Å². The van der Waals surface area contributed by atoms with E-state index in [0.29, 0.717) is 17.8 Å². The van der Waals surface area contributed by atoms with E-state index in [1.54, 1.807) is 18.3 Å². The van der Waals surface area contributed by atoms with Gasteiger partial charge >= 0.3 is 0 Å². The number of anilines is 1. The number of benzene rings is 1. The molecule has 0 saturated heterocycles. The third-order valence-corrected chi connectivity index (χ3v) is 3.52. The Kier molecular flexibility index (Phi) is 4.79. The van der Waals surface area contributed by atoms with Crippen molar-refractivity contribution in [1.29, 1.82) is 0 Å². The molecule has 2 rings (SSSR count). The van der Waals surface area contributed by atoms with Gasteiger partial charge in [0.2, 0.25) is 0 Å². The van der Waals surface area contributed by atoms with E-state index in [9.17, 15) is 4.79 Å². The molecular formula is C14H17BrN4O. The van der Waals surface area contributed by atoms with Gasteiger partial charge in [0, 0.05) is 41.2 Å². The first-order chi connectivity index (χ1) is 9.58. The average Bonchev–Trinajstić information content (AvgIpc) is 2.91. The van der Waals surface area contributed by atoms with Gasteiger partial charge in [0.1, 0.15) is 0 Å². The second-order valence-electron chi connectivity index (χ2n) is 4.55. The van der Waals surface area contributed by atoms with Crippen molar-refractivity contribution in [1.82, 2.24) is 15.1 Å². The quantitative estimate of drug-likeness (QED) is 0.650. The lowest BCUT2D eigenvalue weighted by Crippen LogP contribution is -2.26. The van der Waals surface area contributed by atoms with Crippen molar-refractivity contribution in [2.24, 2.45) is 0 Å². The van der Waals surface area contributed by atoms with Crippen LogP contribution >= 0.6 is 15.9 Å². The minimum Gasteiger partial charge on any atom is -0.398 e. The number of nitrogens with two attached hydrogens (primary N) is 1. The third-order valence-electron chi connectivity index (χ3n) is 3.07. The molecule has 0 atom stereocenters. The Morgan fingerprint density at radius 1 is 1.50 bits per heavy atom. The van der Waals surface area contributed by atoms with Crippen LogP contribution in [0.25, 0.3) is 0 Å². The molecule has 6 heteroatoms. The van der Waals surface area contributed by atoms with Crippen LogP contribution in [-0.4, -0.2) is 22.2 Å². The zero-order valence-electron chi connectivity index (χ0n) is 11.3. The van der Waals surface area contributed by atoms with Crippen LogP contribution in [0.3, 0.4) is 0 Å². The summed E-state index contributed by atoms with van der Waals surface area (Å²) >= 11 is 3.35. The first-order valence-electron chi connectivity index (χ1n) is 6.39. The summed E-state index contributed by atoms with van der Waals surface area (Å²) in [6.45, 7) is 3.23. The van der Waals surface area contributed by atoms with Gasteiger partial charge in [-0.05, 0) is 37.1 Å². The smallest absolute Gasteiger partial charge is 0.251 e. The van der Waals surface area contributed by atoms with Gasteiger partial charge in [-0.25, -0.2) is 0 Å². The molecule has 0 aliphatic heterocycles. The molecule has 1 aromatic heterocycles. The maximum atomic E-state index is 12.1. The number of nitrogens with one attached hydrogen (secondary N) is 1. The summed E-state index contributed by atoms with van der Waals surface area (Å²) in [7, 11) is 0. The second kappa shape index (κ2) is 6.56. The van der Waals surface area contributed by atoms with E-state index in [1.807, 2.05) is 23.9 Å². The zero-order chi connectivity index (χ0) is 14.5. The summed E-state index contributed by atoms with van der Waals surface area (Å²) in [4.78, 5) is 12.1. The van der Waals surface area contributed by atoms with E-state index >= 15 is 0 Å². The molecule has 0 saturated carbocycles. The van der Waals surface area contributed by atoms with Crippen molar-refractivity contribution < 1.29 is 4.79 Å². The number of aryl methyl sites for hydroxylation is 1. The average molecular weight is 337 g/mol. The van der Waals surface area contributed by atoms with Crippen molar-refractivity contribution in [2.75, 3.05) is 12.3 Å². The van der Waals surface area contributed by atoms with Gasteiger partial charge in [-0.2, -0.15) is 5.10 Å². The SMILES string of the molecule is Cc1c(N)cc(Br)cc1C(=O)NCCCn1cccn1. The van der Waals surface area contributed by atoms with Gasteiger partial charge < -0.3 is 11.1 Å². The lowest BCUT2D eigenvalue weighted by molar-refractivity contribution is 0.0952. The lowest BCUT2D eigenvalue weighted by atomic mass is 10.1. The zero-order valence-corrected chi connectivity index (χ0v) is 12.9. The minimum atomic E-state index is -0.101. The molecule has 2 aromatic rings. The first kappa shape index (κ1) is 14.6. The van der Waals surface area contributed by atoms with Crippen LogP contribution in [0.5, 0.6) is 0 Å². The molecule has 0 unspecified atom stereocenters. The molecule has 106 valence electrons. The predicted octanol–water partition coefficient (Wildman–Crippen LogP) is 2.36. The predicted molar refractivity (Wildman–Crippen MR) is 82.5 cm³/mol. The van der Waals surface area contributed by atoms with E-state index in [2.05, 4.69) is 26.3 Å². The Balaban J connectivity index is 1.89. The van der Waals surface area contributed by atoms with Gasteiger partial charge in [0.15, 0.2) is 0 Å². The van der Waals surface area contributed by atoms with Gasteiger partial charge in [-0.1, -0.05) is 15.9 Å². The van der Waals surface area contributed by atoms with Crippen molar-refractivity contribution in [3.8, 4) is 0 Å². The fourth-order valence-electron chi connectivity index (χ4n) is 1.91. The molecule has 5 nitrogen and oxygen atoms in total. The van der Waals surface area contributed by atoms with Crippen molar-refractivity contribution in [3.05, 3.63) is 46.2 Å². The van der Waals surface area contributed by atoms with Crippen LogP contribution in [0.4, 0.5) is 5.69 Å². The van der Waals surface area contributed by atoms with Crippen molar-refractivity contribution in [2.45, 2.75) is 19.9 Å². The Morgan fingerprint density at radius 2 is 2.30 bits per heavy atom. The summed E-state index contributed by atoms with van der Waals surface area (Å²) in [5, 5.41) is 7.01. The highest BCUT2D eigenvalue weighted by Crippen LogP contribution is 2.22. The number of hydrogen-bond donors (Lipinski definition) is 2. The summed E-state index contributed by atoms with van der Waals surface area (Å²) < 4.78 is 2.65. The number of hydrogen-bond acceptors (Lipinski definition) is 3. The fourth-order valence-corrected chi connectivity index (χ4v) is 2.38. The summed E-state index contributed by atoms with van der Waals surface area (Å²) in [5.41, 5.74) is 7.88. The second-order valence-corrected chi connectivity index (χ2v) is 5.46. The standard InChI is InChI=1S/C14H17BrN4O/c1-10-12(8-11(15)9-13(10)16)14(20)17-4-2-6-19-7-3-5-18-19/h3,5,7-9H,2,4,6,16H2,1H3,(H,17,20). The van der Waals surface area contributed by atoms with E-state index in [-0.39, 0.29) is 5.91 Å². The normalized spacial score (nSPS) is 10.5. The van der Waals surface area contributed by atoms with E-state index < -0.39 is 0 Å². The molecule has 1 aromatic carbocycles. The van der Waals surface area contributed by atoms with Gasteiger partial charge in [-0.15, -0.1) is 0 Å². The Morgan fingerprint density at radius 3 is 3.00 bits per heavy atom. The number of carbonyl (C=O) groups is 1. The molecule has 1 heterocycles. The molecule has 0 spiro atoms. The number of amides is 1. The molecule has 3 N–H and O–H groups in total. The number of rotatable bonds is 5. The van der Waals surface area contributed by atoms with Crippen LogP contribution in [0.1, 0.15) is 22.3 Å². The highest BCUT2D eigenvalue weighted by Gasteiger charge is 2.11. The third kappa shape index (κ3) is 3.60. The number of nitrogen functional groups attached to an aromatic ring is 1. The molecule has 0 aliphatic rings. The number of nitrogens with zero attached hydrogens (tertiary/aromatic N) is 2. The Labute approximate surface area is 126 Å². The van der Waals surface area contributed by atoms with E-state index in [1.165, 1.54) is 0 Å². The maximum Gasteiger partial charge on any atom is 0.251 e. The van der Waals surface area contributed by atoms with Crippen molar-refractivity contribution in [3.63, 3.8) is 0 Å². The number of carbonyl (C=O) groups excluding carboxylic acids is 1. The fraction of sp³-hybridized carbons (Fsp3) is 0.286. The minimum absolute atomic E-state index is 0.101. The maximum absolute atomic E-state index is 12.1. The molecular weight excluding hydrogens is 320 g/mol. The topological polar surface area (TPSA) is 72.9 Å². The highest BCUT2D eigenvalue weighted by molar-refractivity contribution is 9.10. The van der Waals surface area contributed by atoms with Crippen LogP contribution in [0.2, 0.25) is 0 Å². The largest absolute Gasteiger partial charge is 0.398 e. The van der Waals surface area contributed by atoms with Crippen LogP contribution in [0.15, 0.2) is 35.1 Å². The first-order valence-corrected chi connectivity index (χ1v) is 7.18. The summed E-state index contributed by atoms with van der Waals surface area (Å²) in [6, 6.07) is 5.46. The van der Waals surface area contributed by atoms with E-state index in [0.717, 1.165) is 23.0 Å². The molecule has 1 amide bonds. The molecule has 0 fully saturated rings. The number of aromatic nitrogens is 2. The van der Waals surface area contributed by atoms with Crippen LogP contribution in [-0.2, 0) is 6.54 Å². The van der Waals surface area contributed by atoms with Crippen LogP contribution in [0, 0.1) is 6.92 Å². The number of halogens is 1. The highest BCUT2D eigenvalue weighted by atomic mass is 79.9. The molecule has 20 heavy (non-hydrogen) atoms. The summed E-state index contributed by atoms with van der Waals surface area (Å²) in [5.74, 6) is -0.101. The Bertz CT molecular complexity index is 595. The monoisotopic (exact) mass is 336 g/mol. The van der Waals surface area contributed by atoms with Crippen molar-refractivity contribution >= 4 is 27.5 Å². The Hall–Kier alpha value is -1.82. The molecule has 0 aliphatic carbocycles. The van der Waals surface area contributed by atoms with Gasteiger partial charge in [-0.3, -0.25) is 9.48 Å². The summed E-state index contributed by atoms with van der Waals surface area (Å²) in [6.07, 6.45) is 4.48. The lowest BCUT2D eigenvalue weighted by Gasteiger charge is -2.10. The van der Waals surface area contributed by atoms with Gasteiger partial charge in [0.05, 0.1) is 0 Å². The molecule has 0 bridgehead atoms. The van der Waals surface area contributed by atoms with Gasteiger partial charge in [0.25, 0.3) is 5.91 Å². The molecule has 0 radical (unpaired) electrons. The van der Waals surface area contributed by atoms with Crippen LogP contribution < -0.4 is 11.1 Å².